The number of carboxylic acids is 1. The van der Waals surface area contributed by atoms with Crippen LogP contribution in [0.1, 0.15) is 25.6 Å². The van der Waals surface area contributed by atoms with E-state index in [-0.39, 0.29) is 6.54 Å². The van der Waals surface area contributed by atoms with Gasteiger partial charge in [0.15, 0.2) is 5.13 Å². The van der Waals surface area contributed by atoms with Gasteiger partial charge in [-0.1, -0.05) is 0 Å². The van der Waals surface area contributed by atoms with Crippen molar-refractivity contribution in [3.63, 3.8) is 0 Å². The molecule has 0 aliphatic rings. The minimum Gasteiger partial charge on any atom is -0.480 e. The minimum absolute atomic E-state index is 0.348. The number of nitrogens with one attached hydrogen (secondary N) is 1. The summed E-state index contributed by atoms with van der Waals surface area (Å²) in [6.07, 6.45) is 1.65. The van der Waals surface area contributed by atoms with Crippen molar-refractivity contribution in [3.8, 4) is 0 Å². The van der Waals surface area contributed by atoms with E-state index in [1.165, 1.54) is 16.2 Å². The highest BCUT2D eigenvalue weighted by Crippen LogP contribution is 2.19. The van der Waals surface area contributed by atoms with E-state index in [4.69, 9.17) is 5.11 Å². The van der Waals surface area contributed by atoms with Crippen LogP contribution in [0.15, 0.2) is 6.20 Å². The standard InChI is InChI=1S/C11H17N3O3S/c1-7-5-12-9(18-7)13-10(17)14(6-8(15)16)11(2,3)4/h5H,6H2,1-4H3,(H,15,16)(H,12,13,17). The summed E-state index contributed by atoms with van der Waals surface area (Å²) < 4.78 is 0. The predicted octanol–water partition coefficient (Wildman–Crippen LogP) is 2.17. The first-order valence-corrected chi connectivity index (χ1v) is 6.24. The molecule has 0 atom stereocenters. The van der Waals surface area contributed by atoms with Crippen LogP contribution < -0.4 is 5.32 Å². The molecule has 7 heteroatoms. The highest BCUT2D eigenvalue weighted by molar-refractivity contribution is 7.15. The van der Waals surface area contributed by atoms with Crippen molar-refractivity contribution in [3.05, 3.63) is 11.1 Å². The second-order valence-electron chi connectivity index (χ2n) is 4.86. The van der Waals surface area contributed by atoms with E-state index in [2.05, 4.69) is 10.3 Å². The normalized spacial score (nSPS) is 11.1. The van der Waals surface area contributed by atoms with Gasteiger partial charge in [0, 0.05) is 16.6 Å². The first-order valence-electron chi connectivity index (χ1n) is 5.43. The molecule has 0 spiro atoms. The lowest BCUT2D eigenvalue weighted by Gasteiger charge is -2.33. The van der Waals surface area contributed by atoms with E-state index in [0.717, 1.165) is 4.88 Å². The Morgan fingerprint density at radius 1 is 1.50 bits per heavy atom. The van der Waals surface area contributed by atoms with E-state index >= 15 is 0 Å². The average Bonchev–Trinajstić information content (AvgIpc) is 2.58. The van der Waals surface area contributed by atoms with Gasteiger partial charge in [0.2, 0.25) is 0 Å². The van der Waals surface area contributed by atoms with Gasteiger partial charge in [-0.3, -0.25) is 10.1 Å². The summed E-state index contributed by atoms with van der Waals surface area (Å²) in [4.78, 5) is 29.1. The van der Waals surface area contributed by atoms with Crippen LogP contribution >= 0.6 is 11.3 Å². The number of aromatic nitrogens is 1. The number of nitrogens with zero attached hydrogens (tertiary/aromatic N) is 2. The van der Waals surface area contributed by atoms with E-state index in [1.54, 1.807) is 27.0 Å². The smallest absolute Gasteiger partial charge is 0.324 e. The Kier molecular flexibility index (Phi) is 4.28. The predicted molar refractivity (Wildman–Crippen MR) is 70.0 cm³/mol. The molecule has 0 unspecified atom stereocenters. The molecule has 0 bridgehead atoms. The molecule has 2 N–H and O–H groups in total. The molecule has 1 aromatic heterocycles. The van der Waals surface area contributed by atoms with Crippen LogP contribution in [0.5, 0.6) is 0 Å². The fourth-order valence-corrected chi connectivity index (χ4v) is 1.97. The Morgan fingerprint density at radius 2 is 2.11 bits per heavy atom. The first-order chi connectivity index (χ1) is 8.20. The number of aryl methyl sites for hydroxylation is 1. The molecule has 100 valence electrons. The molecule has 0 fully saturated rings. The fourth-order valence-electron chi connectivity index (χ4n) is 1.32. The molecule has 0 aliphatic carbocycles. The summed E-state index contributed by atoms with van der Waals surface area (Å²) in [5, 5.41) is 11.9. The van der Waals surface area contributed by atoms with Crippen LogP contribution in [-0.4, -0.2) is 39.1 Å². The van der Waals surface area contributed by atoms with Crippen molar-refractivity contribution < 1.29 is 14.7 Å². The maximum Gasteiger partial charge on any atom is 0.324 e. The Balaban J connectivity index is 2.80. The minimum atomic E-state index is -1.05. The van der Waals surface area contributed by atoms with Crippen molar-refractivity contribution in [2.45, 2.75) is 33.2 Å². The third-order valence-electron chi connectivity index (χ3n) is 2.18. The highest BCUT2D eigenvalue weighted by atomic mass is 32.1. The monoisotopic (exact) mass is 271 g/mol. The molecule has 1 aromatic rings. The Bertz CT molecular complexity index is 451. The van der Waals surface area contributed by atoms with Gasteiger partial charge in [-0.15, -0.1) is 11.3 Å². The summed E-state index contributed by atoms with van der Waals surface area (Å²) in [6, 6.07) is -0.459. The van der Waals surface area contributed by atoms with Crippen molar-refractivity contribution in [1.82, 2.24) is 9.88 Å². The third kappa shape index (κ3) is 3.99. The molecule has 2 amide bonds. The van der Waals surface area contributed by atoms with Gasteiger partial charge in [-0.25, -0.2) is 9.78 Å². The zero-order valence-corrected chi connectivity index (χ0v) is 11.7. The quantitative estimate of drug-likeness (QED) is 0.882. The molecule has 1 rings (SSSR count). The van der Waals surface area contributed by atoms with E-state index in [1.807, 2.05) is 6.92 Å². The van der Waals surface area contributed by atoms with Crippen molar-refractivity contribution in [1.29, 1.82) is 0 Å². The Labute approximate surface area is 110 Å². The lowest BCUT2D eigenvalue weighted by Crippen LogP contribution is -2.50. The van der Waals surface area contributed by atoms with Crippen LogP contribution in [-0.2, 0) is 4.79 Å². The number of aliphatic carboxylic acids is 1. The van der Waals surface area contributed by atoms with Crippen LogP contribution in [0, 0.1) is 6.92 Å². The van der Waals surface area contributed by atoms with Gasteiger partial charge >= 0.3 is 12.0 Å². The molecular formula is C11H17N3O3S. The summed E-state index contributed by atoms with van der Waals surface area (Å²) in [5.74, 6) is -1.05. The number of carbonyl (C=O) groups is 2. The molecule has 6 nitrogen and oxygen atoms in total. The van der Waals surface area contributed by atoms with Crippen molar-refractivity contribution in [2.75, 3.05) is 11.9 Å². The van der Waals surface area contributed by atoms with Gasteiger partial charge in [-0.05, 0) is 27.7 Å². The average molecular weight is 271 g/mol. The third-order valence-corrected chi connectivity index (χ3v) is 3.01. The van der Waals surface area contributed by atoms with Crippen LogP contribution in [0.4, 0.5) is 9.93 Å². The van der Waals surface area contributed by atoms with Crippen molar-refractivity contribution in [2.24, 2.45) is 0 Å². The topological polar surface area (TPSA) is 82.5 Å². The highest BCUT2D eigenvalue weighted by Gasteiger charge is 2.28. The van der Waals surface area contributed by atoms with Gasteiger partial charge in [0.05, 0.1) is 0 Å². The SMILES string of the molecule is Cc1cnc(NC(=O)N(CC(=O)O)C(C)(C)C)s1. The molecule has 0 aromatic carbocycles. The lowest BCUT2D eigenvalue weighted by molar-refractivity contribution is -0.138. The Hall–Kier alpha value is -1.63. The largest absolute Gasteiger partial charge is 0.480 e. The number of carbonyl (C=O) groups excluding carboxylic acids is 1. The molecule has 18 heavy (non-hydrogen) atoms. The zero-order chi connectivity index (χ0) is 13.9. The zero-order valence-electron chi connectivity index (χ0n) is 10.9. The van der Waals surface area contributed by atoms with Crippen LogP contribution in [0.3, 0.4) is 0 Å². The first kappa shape index (κ1) is 14.4. The Morgan fingerprint density at radius 3 is 2.50 bits per heavy atom. The molecule has 0 aliphatic heterocycles. The number of carboxylic acid groups (broad SMARTS) is 1. The summed E-state index contributed by atoms with van der Waals surface area (Å²) in [6.45, 7) is 6.87. The molecule has 0 radical (unpaired) electrons. The number of anilines is 1. The molecule has 1 heterocycles. The summed E-state index contributed by atoms with van der Waals surface area (Å²) in [7, 11) is 0. The van der Waals surface area contributed by atoms with Gasteiger partial charge in [0.25, 0.3) is 0 Å². The van der Waals surface area contributed by atoms with Crippen LogP contribution in [0.25, 0.3) is 0 Å². The van der Waals surface area contributed by atoms with E-state index in [9.17, 15) is 9.59 Å². The summed E-state index contributed by atoms with van der Waals surface area (Å²) in [5.41, 5.74) is -0.575. The molecular weight excluding hydrogens is 254 g/mol. The number of amides is 2. The van der Waals surface area contributed by atoms with Gasteiger partial charge < -0.3 is 10.0 Å². The van der Waals surface area contributed by atoms with E-state index < -0.39 is 17.5 Å². The number of hydrogen-bond donors (Lipinski definition) is 2. The second-order valence-corrected chi connectivity index (χ2v) is 6.09. The number of hydrogen-bond acceptors (Lipinski definition) is 4. The summed E-state index contributed by atoms with van der Waals surface area (Å²) >= 11 is 1.35. The second kappa shape index (κ2) is 5.34. The van der Waals surface area contributed by atoms with Crippen molar-refractivity contribution >= 4 is 28.5 Å². The molecule has 0 saturated heterocycles. The van der Waals surface area contributed by atoms with Gasteiger partial charge in [-0.2, -0.15) is 0 Å². The maximum absolute atomic E-state index is 12.0. The van der Waals surface area contributed by atoms with E-state index in [0.29, 0.717) is 5.13 Å². The number of urea groups is 1. The lowest BCUT2D eigenvalue weighted by atomic mass is 10.1. The van der Waals surface area contributed by atoms with Gasteiger partial charge in [0.1, 0.15) is 6.54 Å². The fraction of sp³-hybridized carbons (Fsp3) is 0.545. The number of thiazole rings is 1. The molecule has 0 saturated carbocycles. The van der Waals surface area contributed by atoms with Crippen LogP contribution in [0.2, 0.25) is 0 Å². The maximum atomic E-state index is 12.0. The number of rotatable bonds is 3.